The molecule has 3 aromatic rings. The minimum Gasteiger partial charge on any atom is -0.341 e. The Kier molecular flexibility index (Phi) is 4.69. The van der Waals surface area contributed by atoms with Crippen molar-refractivity contribution >= 4 is 17.5 Å². The average molecular weight is 436 g/mol. The van der Waals surface area contributed by atoms with Gasteiger partial charge in [0.25, 0.3) is 0 Å². The van der Waals surface area contributed by atoms with Crippen LogP contribution in [-0.2, 0) is 13.1 Å². The van der Waals surface area contributed by atoms with Gasteiger partial charge in [0.15, 0.2) is 5.82 Å². The van der Waals surface area contributed by atoms with Crippen LogP contribution in [0.3, 0.4) is 0 Å². The lowest BCUT2D eigenvalue weighted by atomic mass is 9.95. The van der Waals surface area contributed by atoms with Crippen LogP contribution in [0, 0.1) is 6.92 Å². The third kappa shape index (κ3) is 3.59. The molecule has 1 saturated heterocycles. The maximum atomic E-state index is 6.37. The molecule has 1 aromatic carbocycles. The highest BCUT2D eigenvalue weighted by Gasteiger charge is 2.35. The van der Waals surface area contributed by atoms with Crippen LogP contribution in [0.25, 0.3) is 5.69 Å². The molecule has 0 N–H and O–H groups in total. The van der Waals surface area contributed by atoms with Gasteiger partial charge in [0, 0.05) is 48.5 Å². The van der Waals surface area contributed by atoms with Crippen molar-refractivity contribution in [3.8, 4) is 5.69 Å². The molecule has 6 rings (SSSR count). The molecule has 0 unspecified atom stereocenters. The van der Waals surface area contributed by atoms with E-state index in [0.29, 0.717) is 12.0 Å². The van der Waals surface area contributed by atoms with Gasteiger partial charge < -0.3 is 4.90 Å². The second-order valence-corrected chi connectivity index (χ2v) is 9.41. The number of nitrogens with zero attached hydrogens (tertiary/aromatic N) is 7. The fourth-order valence-electron chi connectivity index (χ4n) is 4.94. The molecule has 4 heterocycles. The standard InChI is InChI=1S/C23H26ClN7/c1-15-6-9-25-23(26-15)29-10-7-16(8-11-29)22-28-27-21-14-30(19-3-4-19)13-17-12-18(24)2-5-20(17)31(21)22/h2,5-6,9,12,16,19H,3-4,7-8,10-11,13-14H2,1H3. The van der Waals surface area contributed by atoms with Gasteiger partial charge in [-0.2, -0.15) is 0 Å². The third-order valence-corrected chi connectivity index (χ3v) is 6.98. The van der Waals surface area contributed by atoms with Gasteiger partial charge in [0.2, 0.25) is 5.95 Å². The molecule has 1 aliphatic carbocycles. The first kappa shape index (κ1) is 19.2. The molecule has 8 heteroatoms. The smallest absolute Gasteiger partial charge is 0.225 e. The molecule has 0 spiro atoms. The second-order valence-electron chi connectivity index (χ2n) is 8.98. The van der Waals surface area contributed by atoms with Crippen LogP contribution < -0.4 is 4.90 Å². The number of rotatable bonds is 3. The Bertz CT molecular complexity index is 1110. The zero-order valence-corrected chi connectivity index (χ0v) is 18.5. The molecule has 2 aromatic heterocycles. The first-order valence-electron chi connectivity index (χ1n) is 11.2. The lowest BCUT2D eigenvalue weighted by Crippen LogP contribution is -2.35. The summed E-state index contributed by atoms with van der Waals surface area (Å²) in [6.07, 6.45) is 6.43. The Morgan fingerprint density at radius 2 is 1.84 bits per heavy atom. The van der Waals surface area contributed by atoms with Gasteiger partial charge in [-0.05, 0) is 62.4 Å². The summed E-state index contributed by atoms with van der Waals surface area (Å²) in [5.74, 6) is 3.34. The van der Waals surface area contributed by atoms with Crippen molar-refractivity contribution in [2.24, 2.45) is 0 Å². The molecule has 2 fully saturated rings. The van der Waals surface area contributed by atoms with Gasteiger partial charge in [-0.1, -0.05) is 11.6 Å². The highest BCUT2D eigenvalue weighted by Crippen LogP contribution is 2.37. The number of benzene rings is 1. The second kappa shape index (κ2) is 7.57. The predicted octanol–water partition coefficient (Wildman–Crippen LogP) is 3.88. The van der Waals surface area contributed by atoms with Crippen molar-refractivity contribution in [2.75, 3.05) is 18.0 Å². The van der Waals surface area contributed by atoms with Crippen molar-refractivity contribution in [3.63, 3.8) is 0 Å². The lowest BCUT2D eigenvalue weighted by Gasteiger charge is -2.31. The summed E-state index contributed by atoms with van der Waals surface area (Å²) in [5.41, 5.74) is 3.46. The van der Waals surface area contributed by atoms with Gasteiger partial charge in [0.05, 0.1) is 12.2 Å². The molecule has 0 atom stereocenters. The van der Waals surface area contributed by atoms with Gasteiger partial charge in [-0.25, -0.2) is 9.97 Å². The lowest BCUT2D eigenvalue weighted by molar-refractivity contribution is 0.243. The van der Waals surface area contributed by atoms with Gasteiger partial charge in [-0.3, -0.25) is 9.47 Å². The normalized spacial score (nSPS) is 19.7. The van der Waals surface area contributed by atoms with Crippen molar-refractivity contribution < 1.29 is 0 Å². The van der Waals surface area contributed by atoms with E-state index in [4.69, 9.17) is 16.7 Å². The minimum atomic E-state index is 0.373. The fourth-order valence-corrected chi connectivity index (χ4v) is 5.13. The first-order chi connectivity index (χ1) is 15.2. The Morgan fingerprint density at radius 1 is 1.00 bits per heavy atom. The van der Waals surface area contributed by atoms with Crippen LogP contribution in [0.1, 0.15) is 54.5 Å². The Balaban J connectivity index is 1.31. The summed E-state index contributed by atoms with van der Waals surface area (Å²) >= 11 is 6.37. The molecule has 7 nitrogen and oxygen atoms in total. The van der Waals surface area contributed by atoms with E-state index in [2.05, 4.69) is 41.6 Å². The van der Waals surface area contributed by atoms with E-state index in [9.17, 15) is 0 Å². The van der Waals surface area contributed by atoms with Gasteiger partial charge >= 0.3 is 0 Å². The molecule has 0 radical (unpaired) electrons. The number of aryl methyl sites for hydroxylation is 1. The predicted molar refractivity (Wildman–Crippen MR) is 120 cm³/mol. The molecular weight excluding hydrogens is 410 g/mol. The number of anilines is 1. The van der Waals surface area contributed by atoms with E-state index in [1.807, 2.05) is 25.3 Å². The number of halogens is 1. The zero-order valence-electron chi connectivity index (χ0n) is 17.7. The molecule has 160 valence electrons. The molecule has 31 heavy (non-hydrogen) atoms. The Hall–Kier alpha value is -2.51. The van der Waals surface area contributed by atoms with E-state index in [1.165, 1.54) is 24.1 Å². The van der Waals surface area contributed by atoms with Gasteiger partial charge in [0.1, 0.15) is 5.82 Å². The van der Waals surface area contributed by atoms with E-state index < -0.39 is 0 Å². The summed E-state index contributed by atoms with van der Waals surface area (Å²) in [6, 6.07) is 8.84. The number of aromatic nitrogens is 5. The molecular formula is C23H26ClN7. The summed E-state index contributed by atoms with van der Waals surface area (Å²) in [6.45, 7) is 5.64. The van der Waals surface area contributed by atoms with Crippen LogP contribution in [-0.4, -0.2) is 48.8 Å². The van der Waals surface area contributed by atoms with Crippen LogP contribution in [0.5, 0.6) is 0 Å². The van der Waals surface area contributed by atoms with Gasteiger partial charge in [-0.15, -0.1) is 10.2 Å². The van der Waals surface area contributed by atoms with E-state index in [0.717, 1.165) is 67.3 Å². The first-order valence-corrected chi connectivity index (χ1v) is 11.5. The maximum absolute atomic E-state index is 6.37. The van der Waals surface area contributed by atoms with Crippen molar-refractivity contribution in [2.45, 2.75) is 57.7 Å². The average Bonchev–Trinajstić information content (AvgIpc) is 3.56. The van der Waals surface area contributed by atoms with E-state index in [1.54, 1.807) is 0 Å². The topological polar surface area (TPSA) is 63.0 Å². The molecule has 0 amide bonds. The number of piperidine rings is 1. The maximum Gasteiger partial charge on any atom is 0.225 e. The summed E-state index contributed by atoms with van der Waals surface area (Å²) in [7, 11) is 0. The van der Waals surface area contributed by atoms with E-state index >= 15 is 0 Å². The highest BCUT2D eigenvalue weighted by molar-refractivity contribution is 6.30. The van der Waals surface area contributed by atoms with Crippen LogP contribution in [0.15, 0.2) is 30.5 Å². The quantitative estimate of drug-likeness (QED) is 0.622. The number of fused-ring (bicyclic) bond motifs is 3. The van der Waals surface area contributed by atoms with Crippen molar-refractivity contribution in [1.82, 2.24) is 29.6 Å². The van der Waals surface area contributed by atoms with Crippen molar-refractivity contribution in [1.29, 1.82) is 0 Å². The number of hydrogen-bond acceptors (Lipinski definition) is 6. The Morgan fingerprint density at radius 3 is 2.61 bits per heavy atom. The highest BCUT2D eigenvalue weighted by atomic mass is 35.5. The summed E-state index contributed by atoms with van der Waals surface area (Å²) in [5, 5.41) is 10.2. The van der Waals surface area contributed by atoms with Crippen LogP contribution >= 0.6 is 11.6 Å². The molecule has 1 saturated carbocycles. The summed E-state index contributed by atoms with van der Waals surface area (Å²) < 4.78 is 2.32. The largest absolute Gasteiger partial charge is 0.341 e. The van der Waals surface area contributed by atoms with Crippen molar-refractivity contribution in [3.05, 3.63) is 58.4 Å². The zero-order chi connectivity index (χ0) is 20.9. The Labute approximate surface area is 187 Å². The molecule has 0 bridgehead atoms. The summed E-state index contributed by atoms with van der Waals surface area (Å²) in [4.78, 5) is 13.9. The SMILES string of the molecule is Cc1ccnc(N2CCC(c3nnc4n3-c3ccc(Cl)cc3CN(C3CC3)C4)CC2)n1. The van der Waals surface area contributed by atoms with E-state index in [-0.39, 0.29) is 0 Å². The van der Waals surface area contributed by atoms with Crippen LogP contribution in [0.2, 0.25) is 5.02 Å². The minimum absolute atomic E-state index is 0.373. The third-order valence-electron chi connectivity index (χ3n) is 6.74. The molecule has 3 aliphatic rings. The number of hydrogen-bond donors (Lipinski definition) is 0. The molecule has 2 aliphatic heterocycles. The van der Waals surface area contributed by atoms with Crippen LogP contribution in [0.4, 0.5) is 5.95 Å². The monoisotopic (exact) mass is 435 g/mol. The fraction of sp³-hybridized carbons (Fsp3) is 0.478.